The molecule has 0 saturated heterocycles. The first-order valence-electron chi connectivity index (χ1n) is 6.59. The number of aryl methyl sites for hydroxylation is 2. The van der Waals surface area contributed by atoms with E-state index in [-0.39, 0.29) is 5.91 Å². The van der Waals surface area contributed by atoms with Crippen molar-refractivity contribution in [3.8, 4) is 0 Å². The predicted molar refractivity (Wildman–Crippen MR) is 74.2 cm³/mol. The lowest BCUT2D eigenvalue weighted by Gasteiger charge is -2.20. The first kappa shape index (κ1) is 15.0. The van der Waals surface area contributed by atoms with Gasteiger partial charge in [0.25, 0.3) is 5.91 Å². The number of nitrogens with zero attached hydrogens (tertiary/aromatic N) is 3. The van der Waals surface area contributed by atoms with Gasteiger partial charge in [0.1, 0.15) is 5.69 Å². The minimum absolute atomic E-state index is 0.0525. The number of amides is 1. The molecule has 0 saturated carbocycles. The maximum Gasteiger partial charge on any atom is 0.272 e. The fraction of sp³-hybridized carbons (Fsp3) is 0.692. The largest absolute Gasteiger partial charge is 0.338 e. The smallest absolute Gasteiger partial charge is 0.272 e. The van der Waals surface area contributed by atoms with Crippen LogP contribution in [0.1, 0.15) is 43.4 Å². The van der Waals surface area contributed by atoms with Gasteiger partial charge in [-0.15, -0.1) is 11.6 Å². The van der Waals surface area contributed by atoms with Crippen molar-refractivity contribution in [1.82, 2.24) is 14.7 Å². The number of rotatable bonds is 7. The lowest BCUT2D eigenvalue weighted by atomic mass is 10.2. The number of aromatic nitrogens is 2. The van der Waals surface area contributed by atoms with Crippen LogP contribution in [0, 0.1) is 0 Å². The molecule has 0 aliphatic carbocycles. The zero-order chi connectivity index (χ0) is 13.5. The molecule has 1 rings (SSSR count). The van der Waals surface area contributed by atoms with E-state index in [2.05, 4.69) is 5.10 Å². The van der Waals surface area contributed by atoms with E-state index in [1.807, 2.05) is 31.7 Å². The van der Waals surface area contributed by atoms with E-state index >= 15 is 0 Å². The Kier molecular flexibility index (Phi) is 6.19. The van der Waals surface area contributed by atoms with Gasteiger partial charge in [0.2, 0.25) is 0 Å². The maximum atomic E-state index is 12.4. The maximum absolute atomic E-state index is 12.4. The van der Waals surface area contributed by atoms with Crippen LogP contribution < -0.4 is 0 Å². The van der Waals surface area contributed by atoms with Crippen LogP contribution in [0.5, 0.6) is 0 Å². The van der Waals surface area contributed by atoms with E-state index in [4.69, 9.17) is 11.6 Å². The average molecular weight is 272 g/mol. The summed E-state index contributed by atoms with van der Waals surface area (Å²) >= 11 is 5.68. The SMILES string of the molecule is CCc1cc(C(=O)N(CC)CCCCl)n(CC)n1. The summed E-state index contributed by atoms with van der Waals surface area (Å²) in [5.74, 6) is 0.633. The number of halogens is 1. The van der Waals surface area contributed by atoms with E-state index in [0.717, 1.165) is 18.5 Å². The van der Waals surface area contributed by atoms with Gasteiger partial charge >= 0.3 is 0 Å². The number of alkyl halides is 1. The standard InChI is InChI=1S/C13H22ClN3O/c1-4-11-10-12(17(6-3)15-11)13(18)16(5-2)9-7-8-14/h10H,4-9H2,1-3H3. The zero-order valence-corrected chi connectivity index (χ0v) is 12.2. The van der Waals surface area contributed by atoms with Crippen molar-refractivity contribution in [2.24, 2.45) is 0 Å². The van der Waals surface area contributed by atoms with Crippen molar-refractivity contribution < 1.29 is 4.79 Å². The highest BCUT2D eigenvalue weighted by Gasteiger charge is 2.19. The normalized spacial score (nSPS) is 10.7. The van der Waals surface area contributed by atoms with Gasteiger partial charge < -0.3 is 4.90 Å². The Labute approximate surface area is 114 Å². The van der Waals surface area contributed by atoms with Gasteiger partial charge in [-0.05, 0) is 32.8 Å². The van der Waals surface area contributed by atoms with Gasteiger partial charge in [-0.3, -0.25) is 9.48 Å². The Hall–Kier alpha value is -1.03. The first-order chi connectivity index (χ1) is 8.67. The lowest BCUT2D eigenvalue weighted by Crippen LogP contribution is -2.33. The lowest BCUT2D eigenvalue weighted by molar-refractivity contribution is 0.0752. The quantitative estimate of drug-likeness (QED) is 0.715. The van der Waals surface area contributed by atoms with E-state index in [0.29, 0.717) is 31.2 Å². The van der Waals surface area contributed by atoms with Crippen molar-refractivity contribution in [2.75, 3.05) is 19.0 Å². The Morgan fingerprint density at radius 1 is 1.44 bits per heavy atom. The monoisotopic (exact) mass is 271 g/mol. The van der Waals surface area contributed by atoms with Crippen molar-refractivity contribution in [3.05, 3.63) is 17.5 Å². The molecule has 0 unspecified atom stereocenters. The molecule has 0 spiro atoms. The average Bonchev–Trinajstić information content (AvgIpc) is 2.82. The van der Waals surface area contributed by atoms with Gasteiger partial charge in [0.15, 0.2) is 0 Å². The molecule has 1 amide bonds. The molecule has 1 aromatic heterocycles. The molecule has 0 atom stereocenters. The highest BCUT2D eigenvalue weighted by atomic mass is 35.5. The summed E-state index contributed by atoms with van der Waals surface area (Å²) in [6, 6.07) is 1.90. The summed E-state index contributed by atoms with van der Waals surface area (Å²) in [4.78, 5) is 14.2. The molecule has 1 aromatic rings. The molecule has 0 aromatic carbocycles. The van der Waals surface area contributed by atoms with Crippen LogP contribution in [0.15, 0.2) is 6.07 Å². The minimum atomic E-state index is 0.0525. The molecule has 102 valence electrons. The van der Waals surface area contributed by atoms with Crippen molar-refractivity contribution in [3.63, 3.8) is 0 Å². The number of carbonyl (C=O) groups is 1. The Balaban J connectivity index is 2.89. The second kappa shape index (κ2) is 7.41. The summed E-state index contributed by atoms with van der Waals surface area (Å²) in [5.41, 5.74) is 1.65. The van der Waals surface area contributed by atoms with E-state index in [1.165, 1.54) is 0 Å². The van der Waals surface area contributed by atoms with E-state index in [9.17, 15) is 4.79 Å². The van der Waals surface area contributed by atoms with Crippen LogP contribution >= 0.6 is 11.6 Å². The molecular weight excluding hydrogens is 250 g/mol. The molecule has 0 bridgehead atoms. The van der Waals surface area contributed by atoms with Crippen LogP contribution in [0.4, 0.5) is 0 Å². The summed E-state index contributed by atoms with van der Waals surface area (Å²) < 4.78 is 1.78. The number of hydrogen-bond donors (Lipinski definition) is 0. The van der Waals surface area contributed by atoms with Crippen LogP contribution in [-0.2, 0) is 13.0 Å². The van der Waals surface area contributed by atoms with Gasteiger partial charge in [-0.25, -0.2) is 0 Å². The van der Waals surface area contributed by atoms with Crippen molar-refractivity contribution in [1.29, 1.82) is 0 Å². The first-order valence-corrected chi connectivity index (χ1v) is 7.13. The minimum Gasteiger partial charge on any atom is -0.338 e. The molecule has 5 heteroatoms. The van der Waals surface area contributed by atoms with E-state index in [1.54, 1.807) is 4.68 Å². The van der Waals surface area contributed by atoms with Gasteiger partial charge in [-0.1, -0.05) is 6.92 Å². The number of carbonyl (C=O) groups excluding carboxylic acids is 1. The van der Waals surface area contributed by atoms with Gasteiger partial charge in [0.05, 0.1) is 5.69 Å². The Morgan fingerprint density at radius 3 is 2.67 bits per heavy atom. The molecule has 18 heavy (non-hydrogen) atoms. The Bertz CT molecular complexity index is 390. The van der Waals surface area contributed by atoms with Crippen LogP contribution in [-0.4, -0.2) is 39.6 Å². The van der Waals surface area contributed by atoms with Crippen LogP contribution in [0.2, 0.25) is 0 Å². The van der Waals surface area contributed by atoms with Gasteiger partial charge in [-0.2, -0.15) is 5.10 Å². The summed E-state index contributed by atoms with van der Waals surface area (Å²) in [5, 5.41) is 4.41. The molecule has 4 nitrogen and oxygen atoms in total. The fourth-order valence-corrected chi connectivity index (χ4v) is 1.99. The van der Waals surface area contributed by atoms with Crippen molar-refractivity contribution in [2.45, 2.75) is 40.2 Å². The number of hydrogen-bond acceptors (Lipinski definition) is 2. The third-order valence-electron chi connectivity index (χ3n) is 2.94. The molecule has 0 radical (unpaired) electrons. The molecule has 0 aliphatic rings. The Morgan fingerprint density at radius 2 is 2.17 bits per heavy atom. The van der Waals surface area contributed by atoms with Gasteiger partial charge in [0, 0.05) is 25.5 Å². The van der Waals surface area contributed by atoms with Crippen LogP contribution in [0.25, 0.3) is 0 Å². The molecule has 0 N–H and O–H groups in total. The second-order valence-corrected chi connectivity index (χ2v) is 4.50. The molecular formula is C13H22ClN3O. The summed E-state index contributed by atoms with van der Waals surface area (Å²) in [7, 11) is 0. The highest BCUT2D eigenvalue weighted by Crippen LogP contribution is 2.10. The predicted octanol–water partition coefficient (Wildman–Crippen LogP) is 2.56. The second-order valence-electron chi connectivity index (χ2n) is 4.12. The third-order valence-corrected chi connectivity index (χ3v) is 3.21. The zero-order valence-electron chi connectivity index (χ0n) is 11.4. The fourth-order valence-electron chi connectivity index (χ4n) is 1.87. The highest BCUT2D eigenvalue weighted by molar-refractivity contribution is 6.17. The third kappa shape index (κ3) is 3.48. The summed E-state index contributed by atoms with van der Waals surface area (Å²) in [6.07, 6.45) is 1.67. The van der Waals surface area contributed by atoms with E-state index < -0.39 is 0 Å². The summed E-state index contributed by atoms with van der Waals surface area (Å²) in [6.45, 7) is 8.15. The molecule has 1 heterocycles. The molecule has 0 fully saturated rings. The topological polar surface area (TPSA) is 38.1 Å². The molecule has 0 aliphatic heterocycles. The van der Waals surface area contributed by atoms with Crippen molar-refractivity contribution >= 4 is 17.5 Å². The van der Waals surface area contributed by atoms with Crippen LogP contribution in [0.3, 0.4) is 0 Å².